The van der Waals surface area contributed by atoms with Gasteiger partial charge in [0.1, 0.15) is 12.4 Å². The molecule has 1 aromatic heterocycles. The van der Waals surface area contributed by atoms with Crippen LogP contribution < -0.4 is 10.5 Å². The summed E-state index contributed by atoms with van der Waals surface area (Å²) in [6.07, 6.45) is 0. The molecule has 5 heteroatoms. The zero-order chi connectivity index (χ0) is 16.9. The molecule has 1 heterocycles. The Morgan fingerprint density at radius 3 is 2.50 bits per heavy atom. The Morgan fingerprint density at radius 2 is 1.75 bits per heavy atom. The van der Waals surface area contributed by atoms with Gasteiger partial charge in [0.25, 0.3) is 0 Å². The predicted molar refractivity (Wildman–Crippen MR) is 92.6 cm³/mol. The number of aromatic nitrogens is 2. The topological polar surface area (TPSA) is 74.2 Å². The van der Waals surface area contributed by atoms with E-state index in [-0.39, 0.29) is 12.0 Å². The van der Waals surface area contributed by atoms with Crippen LogP contribution in [0.2, 0.25) is 0 Å². The average Bonchev–Trinajstić information content (AvgIpc) is 3.10. The maximum absolute atomic E-state index is 5.95. The lowest BCUT2D eigenvalue weighted by Crippen LogP contribution is -2.22. The van der Waals surface area contributed by atoms with Crippen molar-refractivity contribution in [2.45, 2.75) is 32.4 Å². The first-order chi connectivity index (χ1) is 11.6. The van der Waals surface area contributed by atoms with Crippen molar-refractivity contribution in [2.24, 2.45) is 5.73 Å². The van der Waals surface area contributed by atoms with Crippen molar-refractivity contribution in [3.05, 3.63) is 66.1 Å². The SMILES string of the molecule is CC(N)C(C)c1nc(-c2ccccc2OCc2ccccc2)no1. The smallest absolute Gasteiger partial charge is 0.231 e. The van der Waals surface area contributed by atoms with Crippen LogP contribution in [0.15, 0.2) is 59.1 Å². The van der Waals surface area contributed by atoms with Gasteiger partial charge < -0.3 is 15.0 Å². The van der Waals surface area contributed by atoms with E-state index in [9.17, 15) is 0 Å². The van der Waals surface area contributed by atoms with Crippen LogP contribution in [0.1, 0.15) is 31.2 Å². The molecular formula is C19H21N3O2. The quantitative estimate of drug-likeness (QED) is 0.747. The molecule has 2 atom stereocenters. The molecule has 0 saturated carbocycles. The molecule has 0 bridgehead atoms. The maximum atomic E-state index is 5.95. The highest BCUT2D eigenvalue weighted by Crippen LogP contribution is 2.29. The van der Waals surface area contributed by atoms with E-state index in [2.05, 4.69) is 10.1 Å². The van der Waals surface area contributed by atoms with Crippen LogP contribution >= 0.6 is 0 Å². The standard InChI is InChI=1S/C19H21N3O2/c1-13(14(2)20)19-21-18(22-24-19)16-10-6-7-11-17(16)23-12-15-8-4-3-5-9-15/h3-11,13-14H,12,20H2,1-2H3. The lowest BCUT2D eigenvalue weighted by molar-refractivity contribution is 0.307. The summed E-state index contributed by atoms with van der Waals surface area (Å²) < 4.78 is 11.3. The summed E-state index contributed by atoms with van der Waals surface area (Å²) in [6, 6.07) is 17.6. The highest BCUT2D eigenvalue weighted by molar-refractivity contribution is 5.63. The van der Waals surface area contributed by atoms with Crippen molar-refractivity contribution in [2.75, 3.05) is 0 Å². The summed E-state index contributed by atoms with van der Waals surface area (Å²) in [6.45, 7) is 4.38. The molecule has 0 aliphatic heterocycles. The van der Waals surface area contributed by atoms with E-state index >= 15 is 0 Å². The number of nitrogens with two attached hydrogens (primary N) is 1. The molecule has 124 valence electrons. The van der Waals surface area contributed by atoms with Gasteiger partial charge in [-0.3, -0.25) is 0 Å². The van der Waals surface area contributed by atoms with Gasteiger partial charge in [0, 0.05) is 6.04 Å². The molecule has 0 aliphatic carbocycles. The van der Waals surface area contributed by atoms with Crippen molar-refractivity contribution in [1.29, 1.82) is 0 Å². The van der Waals surface area contributed by atoms with E-state index in [0.717, 1.165) is 16.9 Å². The van der Waals surface area contributed by atoms with Gasteiger partial charge in [0.2, 0.25) is 11.7 Å². The summed E-state index contributed by atoms with van der Waals surface area (Å²) in [5.74, 6) is 1.78. The van der Waals surface area contributed by atoms with Gasteiger partial charge in [-0.2, -0.15) is 4.98 Å². The number of ether oxygens (including phenoxy) is 1. The number of hydrogen-bond donors (Lipinski definition) is 1. The first-order valence-corrected chi connectivity index (χ1v) is 8.00. The Labute approximate surface area is 141 Å². The van der Waals surface area contributed by atoms with Crippen molar-refractivity contribution >= 4 is 0 Å². The van der Waals surface area contributed by atoms with Gasteiger partial charge in [-0.15, -0.1) is 0 Å². The van der Waals surface area contributed by atoms with E-state index in [0.29, 0.717) is 18.3 Å². The monoisotopic (exact) mass is 323 g/mol. The molecule has 2 aromatic carbocycles. The fraction of sp³-hybridized carbons (Fsp3) is 0.263. The fourth-order valence-corrected chi connectivity index (χ4v) is 2.27. The molecule has 0 radical (unpaired) electrons. The van der Waals surface area contributed by atoms with E-state index in [1.54, 1.807) is 0 Å². The molecule has 0 saturated heterocycles. The van der Waals surface area contributed by atoms with Crippen LogP contribution in [-0.4, -0.2) is 16.2 Å². The van der Waals surface area contributed by atoms with Crippen LogP contribution in [0.25, 0.3) is 11.4 Å². The van der Waals surface area contributed by atoms with Crippen LogP contribution in [0, 0.1) is 0 Å². The molecule has 0 amide bonds. The summed E-state index contributed by atoms with van der Waals surface area (Å²) in [4.78, 5) is 4.48. The molecule has 2 N–H and O–H groups in total. The van der Waals surface area contributed by atoms with E-state index in [1.807, 2.05) is 68.4 Å². The molecular weight excluding hydrogens is 302 g/mol. The maximum Gasteiger partial charge on any atom is 0.231 e. The van der Waals surface area contributed by atoms with Gasteiger partial charge in [0.15, 0.2) is 0 Å². The molecule has 5 nitrogen and oxygen atoms in total. The third-order valence-corrected chi connectivity index (χ3v) is 3.99. The Morgan fingerprint density at radius 1 is 1.04 bits per heavy atom. The number of para-hydroxylation sites is 1. The molecule has 0 fully saturated rings. The highest BCUT2D eigenvalue weighted by Gasteiger charge is 2.20. The van der Waals surface area contributed by atoms with Gasteiger partial charge in [-0.1, -0.05) is 54.5 Å². The van der Waals surface area contributed by atoms with Crippen molar-refractivity contribution in [3.63, 3.8) is 0 Å². The second-order valence-electron chi connectivity index (χ2n) is 5.87. The number of benzene rings is 2. The van der Waals surface area contributed by atoms with Gasteiger partial charge in [-0.25, -0.2) is 0 Å². The second kappa shape index (κ2) is 7.27. The largest absolute Gasteiger partial charge is 0.488 e. The molecule has 3 rings (SSSR count). The Kier molecular flexibility index (Phi) is 4.91. The van der Waals surface area contributed by atoms with Crippen molar-refractivity contribution in [3.8, 4) is 17.1 Å². The van der Waals surface area contributed by atoms with E-state index < -0.39 is 0 Å². The Balaban J connectivity index is 1.81. The Bertz CT molecular complexity index is 784. The van der Waals surface area contributed by atoms with Crippen LogP contribution in [0.5, 0.6) is 5.75 Å². The molecule has 0 aliphatic rings. The molecule has 3 aromatic rings. The van der Waals surface area contributed by atoms with Crippen LogP contribution in [-0.2, 0) is 6.61 Å². The molecule has 24 heavy (non-hydrogen) atoms. The zero-order valence-corrected chi connectivity index (χ0v) is 13.8. The van der Waals surface area contributed by atoms with Gasteiger partial charge in [-0.05, 0) is 24.6 Å². The first kappa shape index (κ1) is 16.2. The van der Waals surface area contributed by atoms with E-state index in [4.69, 9.17) is 15.0 Å². The third kappa shape index (κ3) is 3.63. The third-order valence-electron chi connectivity index (χ3n) is 3.99. The van der Waals surface area contributed by atoms with Gasteiger partial charge in [0.05, 0.1) is 11.5 Å². The zero-order valence-electron chi connectivity index (χ0n) is 13.8. The minimum atomic E-state index is -0.0529. The fourth-order valence-electron chi connectivity index (χ4n) is 2.27. The summed E-state index contributed by atoms with van der Waals surface area (Å²) >= 11 is 0. The van der Waals surface area contributed by atoms with Gasteiger partial charge >= 0.3 is 0 Å². The summed E-state index contributed by atoms with van der Waals surface area (Å²) in [7, 11) is 0. The van der Waals surface area contributed by atoms with Crippen LogP contribution in [0.3, 0.4) is 0 Å². The normalized spacial score (nSPS) is 13.5. The van der Waals surface area contributed by atoms with E-state index in [1.165, 1.54) is 0 Å². The predicted octanol–water partition coefficient (Wildman–Crippen LogP) is 3.77. The number of rotatable bonds is 6. The van der Waals surface area contributed by atoms with Crippen molar-refractivity contribution in [1.82, 2.24) is 10.1 Å². The van der Waals surface area contributed by atoms with Crippen LogP contribution in [0.4, 0.5) is 0 Å². The first-order valence-electron chi connectivity index (χ1n) is 8.00. The summed E-state index contributed by atoms with van der Waals surface area (Å²) in [5, 5.41) is 4.08. The van der Waals surface area contributed by atoms with Crippen molar-refractivity contribution < 1.29 is 9.26 Å². The minimum absolute atomic E-state index is 0.00338. The summed E-state index contributed by atoms with van der Waals surface area (Å²) in [5.41, 5.74) is 7.81. The number of hydrogen-bond acceptors (Lipinski definition) is 5. The second-order valence-corrected chi connectivity index (χ2v) is 5.87. The lowest BCUT2D eigenvalue weighted by Gasteiger charge is -2.10. The average molecular weight is 323 g/mol. The minimum Gasteiger partial charge on any atom is -0.488 e. The molecule has 2 unspecified atom stereocenters. The lowest BCUT2D eigenvalue weighted by atomic mass is 10.1. The highest BCUT2D eigenvalue weighted by atomic mass is 16.5. The number of nitrogens with zero attached hydrogens (tertiary/aromatic N) is 2. The Hall–Kier alpha value is -2.66. The molecule has 0 spiro atoms.